The molecule has 4 atom stereocenters. The minimum atomic E-state index is -1.22. The standard InChI is InChI=1S/C20H38N8O5S/c21-8-2-1-5-12(22)18(31)28-10-4-7-15(28)17(30)27-14(11-34)16(29)26-13(19(32)33)6-3-9-25-20(23)24/h12-15,34H,1-11,21-22H2,(H,26,29)(H,27,30)(H,32,33)(H4,23,24,25). The van der Waals surface area contributed by atoms with Crippen LogP contribution in [-0.4, -0.2) is 89.2 Å². The van der Waals surface area contributed by atoms with Crippen molar-refractivity contribution >= 4 is 42.3 Å². The monoisotopic (exact) mass is 502 g/mol. The van der Waals surface area contributed by atoms with Gasteiger partial charge in [0.05, 0.1) is 6.04 Å². The summed E-state index contributed by atoms with van der Waals surface area (Å²) in [5, 5.41) is 14.4. The lowest BCUT2D eigenvalue weighted by Crippen LogP contribution is -2.57. The summed E-state index contributed by atoms with van der Waals surface area (Å²) in [6, 6.07) is -3.74. The summed E-state index contributed by atoms with van der Waals surface area (Å²) in [6.45, 7) is 1.13. The van der Waals surface area contributed by atoms with Crippen molar-refractivity contribution in [1.82, 2.24) is 15.5 Å². The lowest BCUT2D eigenvalue weighted by molar-refractivity contribution is -0.143. The maximum Gasteiger partial charge on any atom is 0.326 e. The average molecular weight is 503 g/mol. The fourth-order valence-corrected chi connectivity index (χ4v) is 3.90. The smallest absolute Gasteiger partial charge is 0.326 e. The van der Waals surface area contributed by atoms with Gasteiger partial charge in [0.15, 0.2) is 5.96 Å². The third-order valence-electron chi connectivity index (χ3n) is 5.50. The normalized spacial score (nSPS) is 18.0. The molecule has 1 aliphatic rings. The molecule has 1 heterocycles. The summed E-state index contributed by atoms with van der Waals surface area (Å²) in [4.78, 5) is 55.0. The summed E-state index contributed by atoms with van der Waals surface area (Å²) in [5.41, 5.74) is 21.9. The number of likely N-dealkylation sites (tertiary alicyclic amines) is 1. The number of carboxylic acids is 1. The number of rotatable bonds is 15. The van der Waals surface area contributed by atoms with Crippen molar-refractivity contribution in [3.63, 3.8) is 0 Å². The molecule has 34 heavy (non-hydrogen) atoms. The molecule has 13 nitrogen and oxygen atoms in total. The predicted octanol–water partition coefficient (Wildman–Crippen LogP) is -2.53. The zero-order valence-corrected chi connectivity index (χ0v) is 20.2. The van der Waals surface area contributed by atoms with Gasteiger partial charge in [-0.05, 0) is 45.1 Å². The van der Waals surface area contributed by atoms with Crippen LogP contribution in [0, 0.1) is 0 Å². The first kappa shape index (κ1) is 29.5. The zero-order valence-electron chi connectivity index (χ0n) is 19.3. The largest absolute Gasteiger partial charge is 0.480 e. The van der Waals surface area contributed by atoms with E-state index >= 15 is 0 Å². The van der Waals surface area contributed by atoms with E-state index in [4.69, 9.17) is 22.9 Å². The molecule has 0 bridgehead atoms. The number of carbonyl (C=O) groups is 4. The molecule has 0 spiro atoms. The molecule has 4 unspecified atom stereocenters. The van der Waals surface area contributed by atoms with E-state index in [9.17, 15) is 24.3 Å². The molecular formula is C20H38N8O5S. The Morgan fingerprint density at radius 3 is 2.38 bits per heavy atom. The van der Waals surface area contributed by atoms with E-state index in [0.717, 1.165) is 6.42 Å². The number of hydrogen-bond donors (Lipinski definition) is 8. The highest BCUT2D eigenvalue weighted by Crippen LogP contribution is 2.19. The predicted molar refractivity (Wildman–Crippen MR) is 131 cm³/mol. The molecule has 0 radical (unpaired) electrons. The Kier molecular flexibility index (Phi) is 13.3. The van der Waals surface area contributed by atoms with E-state index in [2.05, 4.69) is 28.3 Å². The Morgan fingerprint density at radius 1 is 1.09 bits per heavy atom. The van der Waals surface area contributed by atoms with Crippen LogP contribution < -0.4 is 33.6 Å². The maximum atomic E-state index is 12.9. The molecule has 1 fully saturated rings. The second kappa shape index (κ2) is 15.3. The van der Waals surface area contributed by atoms with Gasteiger partial charge >= 0.3 is 5.97 Å². The van der Waals surface area contributed by atoms with Gasteiger partial charge in [0.1, 0.15) is 18.1 Å². The van der Waals surface area contributed by atoms with E-state index in [1.807, 2.05) is 0 Å². The molecule has 0 aromatic rings. The van der Waals surface area contributed by atoms with Crippen molar-refractivity contribution in [3.05, 3.63) is 0 Å². The number of thiol groups is 1. The molecule has 0 aromatic carbocycles. The number of amides is 3. The van der Waals surface area contributed by atoms with Gasteiger partial charge in [-0.1, -0.05) is 6.42 Å². The van der Waals surface area contributed by atoms with Crippen LogP contribution >= 0.6 is 12.6 Å². The fourth-order valence-electron chi connectivity index (χ4n) is 3.64. The molecule has 0 saturated carbocycles. The highest BCUT2D eigenvalue weighted by molar-refractivity contribution is 7.80. The second-order valence-electron chi connectivity index (χ2n) is 8.17. The lowest BCUT2D eigenvalue weighted by atomic mass is 10.1. The number of aliphatic imine (C=N–C) groups is 1. The molecule has 0 aliphatic carbocycles. The number of guanidine groups is 1. The Bertz CT molecular complexity index is 734. The number of nitrogens with one attached hydrogen (secondary N) is 2. The fraction of sp³-hybridized carbons (Fsp3) is 0.750. The summed E-state index contributed by atoms with van der Waals surface area (Å²) in [6.07, 6.45) is 3.45. The van der Waals surface area contributed by atoms with Crippen molar-refractivity contribution in [2.24, 2.45) is 27.9 Å². The summed E-state index contributed by atoms with van der Waals surface area (Å²) >= 11 is 4.12. The number of carboxylic acid groups (broad SMARTS) is 1. The Hall–Kier alpha value is -2.58. The van der Waals surface area contributed by atoms with Crippen molar-refractivity contribution in [3.8, 4) is 0 Å². The lowest BCUT2D eigenvalue weighted by Gasteiger charge is -2.28. The number of unbranched alkanes of at least 4 members (excludes halogenated alkanes) is 1. The van der Waals surface area contributed by atoms with Gasteiger partial charge in [0.25, 0.3) is 0 Å². The van der Waals surface area contributed by atoms with Crippen LogP contribution in [0.25, 0.3) is 0 Å². The van der Waals surface area contributed by atoms with Gasteiger partial charge < -0.3 is 43.6 Å². The molecule has 1 saturated heterocycles. The molecular weight excluding hydrogens is 464 g/mol. The zero-order chi connectivity index (χ0) is 25.7. The van der Waals surface area contributed by atoms with E-state index in [1.165, 1.54) is 4.90 Å². The molecule has 1 aliphatic heterocycles. The molecule has 0 aromatic heterocycles. The van der Waals surface area contributed by atoms with Crippen LogP contribution in [-0.2, 0) is 19.2 Å². The van der Waals surface area contributed by atoms with Crippen molar-refractivity contribution in [1.29, 1.82) is 0 Å². The Balaban J connectivity index is 2.70. The minimum Gasteiger partial charge on any atom is -0.480 e. The van der Waals surface area contributed by atoms with E-state index in [0.29, 0.717) is 45.2 Å². The highest BCUT2D eigenvalue weighted by Gasteiger charge is 2.37. The van der Waals surface area contributed by atoms with Crippen LogP contribution in [0.3, 0.4) is 0 Å². The molecule has 1 rings (SSSR count). The van der Waals surface area contributed by atoms with Gasteiger partial charge in [-0.15, -0.1) is 0 Å². The van der Waals surface area contributed by atoms with Gasteiger partial charge in [-0.3, -0.25) is 19.4 Å². The first-order chi connectivity index (χ1) is 16.1. The summed E-state index contributed by atoms with van der Waals surface area (Å²) in [7, 11) is 0. The SMILES string of the molecule is NCCCCC(N)C(=O)N1CCCC1C(=O)NC(CS)C(=O)NC(CCCN=C(N)N)C(=O)O. The topological polar surface area (TPSA) is 232 Å². The Labute approximate surface area is 204 Å². The Morgan fingerprint density at radius 2 is 1.79 bits per heavy atom. The van der Waals surface area contributed by atoms with Crippen LogP contribution in [0.15, 0.2) is 4.99 Å². The molecule has 3 amide bonds. The van der Waals surface area contributed by atoms with Gasteiger partial charge in [-0.2, -0.15) is 12.6 Å². The molecule has 14 heteroatoms. The van der Waals surface area contributed by atoms with Crippen LogP contribution in [0.1, 0.15) is 44.9 Å². The van der Waals surface area contributed by atoms with Crippen LogP contribution in [0.5, 0.6) is 0 Å². The molecule has 11 N–H and O–H groups in total. The van der Waals surface area contributed by atoms with Gasteiger partial charge in [0.2, 0.25) is 17.7 Å². The number of carbonyl (C=O) groups excluding carboxylic acids is 3. The van der Waals surface area contributed by atoms with Crippen LogP contribution in [0.4, 0.5) is 0 Å². The molecule has 194 valence electrons. The number of hydrogen-bond acceptors (Lipinski definition) is 8. The van der Waals surface area contributed by atoms with Crippen molar-refractivity contribution in [2.75, 3.05) is 25.4 Å². The van der Waals surface area contributed by atoms with E-state index < -0.39 is 42.0 Å². The first-order valence-electron chi connectivity index (χ1n) is 11.4. The number of aliphatic carboxylic acids is 1. The summed E-state index contributed by atoms with van der Waals surface area (Å²) < 4.78 is 0. The van der Waals surface area contributed by atoms with Gasteiger partial charge in [-0.25, -0.2) is 4.79 Å². The van der Waals surface area contributed by atoms with E-state index in [1.54, 1.807) is 0 Å². The summed E-state index contributed by atoms with van der Waals surface area (Å²) in [5.74, 6) is -2.89. The number of nitrogens with zero attached hydrogens (tertiary/aromatic N) is 2. The third kappa shape index (κ3) is 9.73. The quantitative estimate of drug-likeness (QED) is 0.0509. The van der Waals surface area contributed by atoms with E-state index in [-0.39, 0.29) is 30.6 Å². The van der Waals surface area contributed by atoms with Crippen molar-refractivity contribution in [2.45, 2.75) is 69.1 Å². The highest BCUT2D eigenvalue weighted by atomic mass is 32.1. The van der Waals surface area contributed by atoms with Gasteiger partial charge in [0, 0.05) is 18.8 Å². The van der Waals surface area contributed by atoms with Crippen LogP contribution in [0.2, 0.25) is 0 Å². The maximum absolute atomic E-state index is 12.9. The number of nitrogens with two attached hydrogens (primary N) is 4. The minimum absolute atomic E-state index is 0.0584. The third-order valence-corrected chi connectivity index (χ3v) is 5.87. The van der Waals surface area contributed by atoms with Crippen molar-refractivity contribution < 1.29 is 24.3 Å². The first-order valence-corrected chi connectivity index (χ1v) is 12.0. The average Bonchev–Trinajstić information content (AvgIpc) is 3.28. The second-order valence-corrected chi connectivity index (χ2v) is 8.54.